The first-order chi connectivity index (χ1) is 26.9. The molecule has 0 amide bonds. The SMILES string of the molecule is CC(C)(C)c1ccc(-n2c3ccccc3c3cc(-c4ccc5c(c4)c4ccccc4n5-c4ccc(-c5ncnc6c5oc5ccccc56)cc4)ccc32)cc1. The summed E-state index contributed by atoms with van der Waals surface area (Å²) in [4.78, 5) is 9.21. The van der Waals surface area contributed by atoms with Crippen molar-refractivity contribution in [3.05, 3.63) is 170 Å². The first-order valence-corrected chi connectivity index (χ1v) is 18.8. The topological polar surface area (TPSA) is 48.8 Å². The van der Waals surface area contributed by atoms with Gasteiger partial charge < -0.3 is 13.6 Å². The van der Waals surface area contributed by atoms with Crippen molar-refractivity contribution in [1.29, 1.82) is 0 Å². The maximum atomic E-state index is 6.25. The van der Waals surface area contributed by atoms with Gasteiger partial charge in [-0.3, -0.25) is 0 Å². The zero-order valence-corrected chi connectivity index (χ0v) is 30.8. The van der Waals surface area contributed by atoms with Crippen LogP contribution < -0.4 is 0 Å². The van der Waals surface area contributed by atoms with Crippen LogP contribution in [0.2, 0.25) is 0 Å². The summed E-state index contributed by atoms with van der Waals surface area (Å²) < 4.78 is 11.0. The van der Waals surface area contributed by atoms with Crippen molar-refractivity contribution in [2.24, 2.45) is 0 Å². The summed E-state index contributed by atoms with van der Waals surface area (Å²) >= 11 is 0. The van der Waals surface area contributed by atoms with Gasteiger partial charge in [-0.1, -0.05) is 106 Å². The van der Waals surface area contributed by atoms with E-state index < -0.39 is 0 Å². The Morgan fingerprint density at radius 1 is 0.455 bits per heavy atom. The lowest BCUT2D eigenvalue weighted by Crippen LogP contribution is -2.10. The Balaban J connectivity index is 1.01. The van der Waals surface area contributed by atoms with Crippen molar-refractivity contribution in [2.45, 2.75) is 26.2 Å². The Morgan fingerprint density at radius 3 is 1.53 bits per heavy atom. The molecule has 262 valence electrons. The van der Waals surface area contributed by atoms with E-state index in [1.54, 1.807) is 6.33 Å². The summed E-state index contributed by atoms with van der Waals surface area (Å²) in [5, 5.41) is 5.94. The minimum absolute atomic E-state index is 0.106. The summed E-state index contributed by atoms with van der Waals surface area (Å²) in [6.45, 7) is 6.79. The lowest BCUT2D eigenvalue weighted by Gasteiger charge is -2.19. The van der Waals surface area contributed by atoms with E-state index in [1.165, 1.54) is 60.5 Å². The predicted molar refractivity (Wildman–Crippen MR) is 228 cm³/mol. The average molecular weight is 709 g/mol. The van der Waals surface area contributed by atoms with Gasteiger partial charge in [-0.05, 0) is 94.9 Å². The number of hydrogen-bond donors (Lipinski definition) is 0. The highest BCUT2D eigenvalue weighted by molar-refractivity contribution is 6.13. The van der Waals surface area contributed by atoms with Gasteiger partial charge in [-0.25, -0.2) is 9.97 Å². The number of furan rings is 1. The second-order valence-corrected chi connectivity index (χ2v) is 15.5. The van der Waals surface area contributed by atoms with E-state index in [0.717, 1.165) is 38.9 Å². The minimum Gasteiger partial charge on any atom is -0.452 e. The van der Waals surface area contributed by atoms with Crippen molar-refractivity contribution in [3.8, 4) is 33.8 Å². The molecule has 0 fully saturated rings. The fraction of sp³-hybridized carbons (Fsp3) is 0.0800. The van der Waals surface area contributed by atoms with Gasteiger partial charge in [0.1, 0.15) is 23.1 Å². The van der Waals surface area contributed by atoms with E-state index in [0.29, 0.717) is 5.58 Å². The molecule has 4 heterocycles. The Hall–Kier alpha value is -6.98. The second-order valence-electron chi connectivity index (χ2n) is 15.5. The molecule has 0 saturated heterocycles. The van der Waals surface area contributed by atoms with E-state index in [2.05, 4.69) is 173 Å². The number of rotatable bonds is 4. The molecule has 0 unspecified atom stereocenters. The lowest BCUT2D eigenvalue weighted by molar-refractivity contribution is 0.590. The Morgan fingerprint density at radius 2 is 0.945 bits per heavy atom. The third kappa shape index (κ3) is 4.86. The molecule has 0 aliphatic heterocycles. The second kappa shape index (κ2) is 11.8. The molecule has 0 saturated carbocycles. The van der Waals surface area contributed by atoms with Crippen LogP contribution in [0.4, 0.5) is 0 Å². The first kappa shape index (κ1) is 31.5. The van der Waals surface area contributed by atoms with Crippen LogP contribution in [0.25, 0.3) is 99.4 Å². The van der Waals surface area contributed by atoms with Gasteiger partial charge in [0.15, 0.2) is 5.58 Å². The summed E-state index contributed by atoms with van der Waals surface area (Å²) in [6, 6.07) is 56.9. The summed E-state index contributed by atoms with van der Waals surface area (Å²) in [7, 11) is 0. The molecule has 0 N–H and O–H groups in total. The van der Waals surface area contributed by atoms with E-state index in [9.17, 15) is 0 Å². The van der Waals surface area contributed by atoms with Gasteiger partial charge in [0.2, 0.25) is 0 Å². The standard InChI is InChI=1S/C50H36N4O/c1-50(2,3)34-20-24-36(25-21-34)54-43-14-8-5-11-38(43)41-29-33(19-27-45(41)54)32-18-26-44-40(28-32)37-10-4-7-13-42(37)53(44)35-22-16-31(17-23-35)47-49-48(52-30-51-47)39-12-6-9-15-46(39)55-49/h4-30H,1-3H3. The van der Waals surface area contributed by atoms with Gasteiger partial charge in [0.25, 0.3) is 0 Å². The van der Waals surface area contributed by atoms with Gasteiger partial charge in [-0.2, -0.15) is 0 Å². The molecule has 55 heavy (non-hydrogen) atoms. The number of benzene rings is 7. The van der Waals surface area contributed by atoms with Crippen molar-refractivity contribution >= 4 is 65.7 Å². The molecule has 0 aliphatic rings. The quantitative estimate of drug-likeness (QED) is 0.183. The highest BCUT2D eigenvalue weighted by atomic mass is 16.3. The molecule has 0 bridgehead atoms. The van der Waals surface area contributed by atoms with Crippen LogP contribution in [0, 0.1) is 0 Å². The predicted octanol–water partition coefficient (Wildman–Crippen LogP) is 13.2. The Bertz CT molecular complexity index is 3280. The monoisotopic (exact) mass is 708 g/mol. The minimum atomic E-state index is 0.106. The number of aromatic nitrogens is 4. The van der Waals surface area contributed by atoms with E-state index in [1.807, 2.05) is 24.3 Å². The summed E-state index contributed by atoms with van der Waals surface area (Å²) in [5.74, 6) is 0. The molecule has 11 aromatic rings. The van der Waals surface area contributed by atoms with Crippen molar-refractivity contribution in [3.63, 3.8) is 0 Å². The molecule has 4 aromatic heterocycles. The Labute approximate surface area is 317 Å². The molecule has 7 aromatic carbocycles. The molecule has 5 heteroatoms. The van der Waals surface area contributed by atoms with Gasteiger partial charge in [0, 0.05) is 43.9 Å². The van der Waals surface area contributed by atoms with Gasteiger partial charge in [0.05, 0.1) is 22.1 Å². The number of fused-ring (bicyclic) bond motifs is 9. The number of hydrogen-bond acceptors (Lipinski definition) is 3. The first-order valence-electron chi connectivity index (χ1n) is 18.8. The fourth-order valence-corrected chi connectivity index (χ4v) is 8.47. The van der Waals surface area contributed by atoms with Crippen LogP contribution in [-0.2, 0) is 5.41 Å². The molecular weight excluding hydrogens is 673 g/mol. The van der Waals surface area contributed by atoms with Crippen molar-refractivity contribution < 1.29 is 4.42 Å². The maximum absolute atomic E-state index is 6.25. The van der Waals surface area contributed by atoms with E-state index >= 15 is 0 Å². The molecule has 0 spiro atoms. The zero-order chi connectivity index (χ0) is 36.8. The molecular formula is C50H36N4O. The highest BCUT2D eigenvalue weighted by Crippen LogP contribution is 2.39. The normalized spacial score (nSPS) is 12.3. The highest BCUT2D eigenvalue weighted by Gasteiger charge is 2.19. The van der Waals surface area contributed by atoms with E-state index in [4.69, 9.17) is 4.42 Å². The zero-order valence-electron chi connectivity index (χ0n) is 30.8. The van der Waals surface area contributed by atoms with Crippen LogP contribution in [0.1, 0.15) is 26.3 Å². The van der Waals surface area contributed by atoms with Crippen LogP contribution >= 0.6 is 0 Å². The third-order valence-corrected chi connectivity index (χ3v) is 11.2. The number of nitrogens with zero attached hydrogens (tertiary/aromatic N) is 4. The lowest BCUT2D eigenvalue weighted by atomic mass is 9.87. The Kier molecular flexibility index (Phi) is 6.74. The van der Waals surface area contributed by atoms with Crippen molar-refractivity contribution in [2.75, 3.05) is 0 Å². The van der Waals surface area contributed by atoms with Crippen LogP contribution in [0.5, 0.6) is 0 Å². The van der Waals surface area contributed by atoms with Gasteiger partial charge in [-0.15, -0.1) is 0 Å². The summed E-state index contributed by atoms with van der Waals surface area (Å²) in [6.07, 6.45) is 1.62. The molecule has 0 radical (unpaired) electrons. The third-order valence-electron chi connectivity index (χ3n) is 11.2. The molecule has 0 aliphatic carbocycles. The maximum Gasteiger partial charge on any atom is 0.180 e. The van der Waals surface area contributed by atoms with Gasteiger partial charge >= 0.3 is 0 Å². The van der Waals surface area contributed by atoms with Crippen LogP contribution in [0.15, 0.2) is 168 Å². The molecule has 5 nitrogen and oxygen atoms in total. The summed E-state index contributed by atoms with van der Waals surface area (Å²) in [5.41, 5.74) is 15.0. The molecule has 0 atom stereocenters. The van der Waals surface area contributed by atoms with Crippen molar-refractivity contribution in [1.82, 2.24) is 19.1 Å². The largest absolute Gasteiger partial charge is 0.452 e. The van der Waals surface area contributed by atoms with E-state index in [-0.39, 0.29) is 5.41 Å². The average Bonchev–Trinajstić information content (AvgIpc) is 3.88. The smallest absolute Gasteiger partial charge is 0.180 e. The van der Waals surface area contributed by atoms with Crippen LogP contribution in [-0.4, -0.2) is 19.1 Å². The fourth-order valence-electron chi connectivity index (χ4n) is 8.47. The number of para-hydroxylation sites is 3. The molecule has 11 rings (SSSR count). The van der Waals surface area contributed by atoms with Crippen LogP contribution in [0.3, 0.4) is 0 Å².